The molecule has 2 aromatic heterocycles. The lowest BCUT2D eigenvalue weighted by atomic mass is 9.96. The maximum atomic E-state index is 13.8. The minimum absolute atomic E-state index is 0.151. The molecule has 49 heavy (non-hydrogen) atoms. The minimum atomic E-state index is -0.806. The van der Waals surface area contributed by atoms with Gasteiger partial charge in [0.05, 0.1) is 27.6 Å². The number of nitrogens with zero attached hydrogens (tertiary/aromatic N) is 3. The quantitative estimate of drug-likeness (QED) is 0.107. The Bertz CT molecular complexity index is 1570. The second kappa shape index (κ2) is 19.6. The van der Waals surface area contributed by atoms with Crippen LogP contribution in [0, 0.1) is 0 Å². The molecule has 2 aromatic carbocycles. The molecular formula is C36H47N7O4S2. The lowest BCUT2D eigenvalue weighted by Crippen LogP contribution is -2.56. The summed E-state index contributed by atoms with van der Waals surface area (Å²) in [4.78, 5) is 50.9. The molecule has 0 aliphatic rings. The highest BCUT2D eigenvalue weighted by Crippen LogP contribution is 2.20. The van der Waals surface area contributed by atoms with Gasteiger partial charge in [0, 0.05) is 43.2 Å². The average Bonchev–Trinajstić information content (AvgIpc) is 3.80. The van der Waals surface area contributed by atoms with Crippen LogP contribution in [0.5, 0.6) is 0 Å². The van der Waals surface area contributed by atoms with E-state index < -0.39 is 12.1 Å². The Balaban J connectivity index is 1.42. The van der Waals surface area contributed by atoms with E-state index in [1.165, 1.54) is 16.2 Å². The Kier molecular flexibility index (Phi) is 15.0. The van der Waals surface area contributed by atoms with Gasteiger partial charge in [0.2, 0.25) is 5.91 Å². The van der Waals surface area contributed by atoms with E-state index in [9.17, 15) is 14.4 Å². The first-order valence-electron chi connectivity index (χ1n) is 16.5. The van der Waals surface area contributed by atoms with E-state index in [0.717, 1.165) is 26.7 Å². The zero-order valence-electron chi connectivity index (χ0n) is 28.6. The molecule has 0 radical (unpaired) electrons. The van der Waals surface area contributed by atoms with Crippen molar-refractivity contribution in [2.45, 2.75) is 76.7 Å². The first-order chi connectivity index (χ1) is 23.7. The number of likely N-dealkylation sites (N-methyl/N-ethyl adjacent to an activating group) is 1. The van der Waals surface area contributed by atoms with Gasteiger partial charge in [-0.2, -0.15) is 0 Å². The first kappa shape index (κ1) is 37.5. The summed E-state index contributed by atoms with van der Waals surface area (Å²) >= 11 is 3.01. The van der Waals surface area contributed by atoms with Crippen LogP contribution in [-0.4, -0.2) is 71.7 Å². The molecule has 2 heterocycles. The van der Waals surface area contributed by atoms with Gasteiger partial charge in [-0.15, -0.1) is 22.7 Å². The van der Waals surface area contributed by atoms with Crippen LogP contribution in [-0.2, 0) is 35.5 Å². The Morgan fingerprint density at radius 3 is 2.06 bits per heavy atom. The third kappa shape index (κ3) is 12.9. The van der Waals surface area contributed by atoms with Gasteiger partial charge >= 0.3 is 12.1 Å². The Hall–Kier alpha value is -4.33. The zero-order chi connectivity index (χ0) is 35.0. The minimum Gasteiger partial charge on any atom is -0.444 e. The third-order valence-corrected chi connectivity index (χ3v) is 9.79. The van der Waals surface area contributed by atoms with E-state index in [0.29, 0.717) is 38.1 Å². The number of carbonyl (C=O) groups excluding carboxylic acids is 3. The summed E-state index contributed by atoms with van der Waals surface area (Å²) in [5, 5.41) is 15.2. The van der Waals surface area contributed by atoms with Crippen LogP contribution in [0.4, 0.5) is 9.59 Å². The fourth-order valence-corrected chi connectivity index (χ4v) is 6.59. The number of alkyl carbamates (subject to hydrolysis) is 1. The van der Waals surface area contributed by atoms with E-state index in [-0.39, 0.29) is 37.2 Å². The lowest BCUT2D eigenvalue weighted by Gasteiger charge is -2.27. The van der Waals surface area contributed by atoms with Crippen LogP contribution in [0.2, 0.25) is 0 Å². The van der Waals surface area contributed by atoms with Crippen molar-refractivity contribution in [3.05, 3.63) is 104 Å². The summed E-state index contributed by atoms with van der Waals surface area (Å²) in [5.74, 6) is 0.0298. The van der Waals surface area contributed by atoms with Gasteiger partial charge in [0.25, 0.3) is 0 Å². The molecule has 0 aliphatic carbocycles. The monoisotopic (exact) mass is 705 g/mol. The summed E-state index contributed by atoms with van der Waals surface area (Å²) in [6.45, 7) is 4.91. The van der Waals surface area contributed by atoms with Crippen molar-refractivity contribution < 1.29 is 19.1 Å². The van der Waals surface area contributed by atoms with E-state index in [1.807, 2.05) is 66.0 Å². The van der Waals surface area contributed by atoms with Crippen LogP contribution in [0.15, 0.2) is 77.8 Å². The molecular weight excluding hydrogens is 659 g/mol. The summed E-state index contributed by atoms with van der Waals surface area (Å²) in [6, 6.07) is 18.2. The van der Waals surface area contributed by atoms with Crippen molar-refractivity contribution >= 4 is 40.7 Å². The largest absolute Gasteiger partial charge is 0.444 e. The van der Waals surface area contributed by atoms with Gasteiger partial charge in [0.15, 0.2) is 0 Å². The molecule has 11 nitrogen and oxygen atoms in total. The van der Waals surface area contributed by atoms with Gasteiger partial charge < -0.3 is 30.9 Å². The van der Waals surface area contributed by atoms with Gasteiger partial charge in [-0.3, -0.25) is 9.78 Å². The van der Waals surface area contributed by atoms with Gasteiger partial charge in [-0.05, 0) is 43.9 Å². The molecule has 0 fully saturated rings. The number of nitrogens with one attached hydrogen (secondary N) is 4. The number of hydrogen-bond acceptors (Lipinski definition) is 9. The molecule has 0 bridgehead atoms. The summed E-state index contributed by atoms with van der Waals surface area (Å²) < 4.78 is 5.48. The number of ether oxygens (including phenoxy) is 1. The second-order valence-electron chi connectivity index (χ2n) is 12.3. The van der Waals surface area contributed by atoms with E-state index in [1.54, 1.807) is 37.1 Å². The van der Waals surface area contributed by atoms with Crippen molar-refractivity contribution in [2.75, 3.05) is 20.6 Å². The Morgan fingerprint density at radius 2 is 1.51 bits per heavy atom. The molecule has 4 aromatic rings. The molecule has 4 amide bonds. The molecule has 4 rings (SSSR count). The van der Waals surface area contributed by atoms with Crippen molar-refractivity contribution in [1.29, 1.82) is 0 Å². The highest BCUT2D eigenvalue weighted by molar-refractivity contribution is 7.09. The third-order valence-electron chi connectivity index (χ3n) is 7.84. The molecule has 0 unspecified atom stereocenters. The smallest absolute Gasteiger partial charge is 0.407 e. The van der Waals surface area contributed by atoms with Gasteiger partial charge in [-0.1, -0.05) is 74.5 Å². The lowest BCUT2D eigenvalue weighted by molar-refractivity contribution is -0.123. The van der Waals surface area contributed by atoms with Crippen LogP contribution >= 0.6 is 22.7 Å². The predicted octanol–water partition coefficient (Wildman–Crippen LogP) is 5.50. The summed E-state index contributed by atoms with van der Waals surface area (Å²) in [5.41, 5.74) is 4.67. The number of hydrogen-bond donors (Lipinski definition) is 4. The Morgan fingerprint density at radius 1 is 0.878 bits per heavy atom. The van der Waals surface area contributed by atoms with Gasteiger partial charge in [-0.25, -0.2) is 14.6 Å². The Labute approximate surface area is 296 Å². The number of thiazole rings is 2. The zero-order valence-corrected chi connectivity index (χ0v) is 30.2. The predicted molar refractivity (Wildman–Crippen MR) is 195 cm³/mol. The number of carbonyl (C=O) groups is 3. The van der Waals surface area contributed by atoms with Crippen LogP contribution in [0.25, 0.3) is 0 Å². The number of aromatic nitrogens is 2. The van der Waals surface area contributed by atoms with Crippen molar-refractivity contribution in [3.8, 4) is 0 Å². The summed E-state index contributed by atoms with van der Waals surface area (Å²) in [7, 11) is 3.44. The highest BCUT2D eigenvalue weighted by atomic mass is 32.1. The van der Waals surface area contributed by atoms with E-state index >= 15 is 0 Å². The number of amides is 4. The normalized spacial score (nSPS) is 12.9. The molecule has 0 saturated heterocycles. The molecule has 262 valence electrons. The maximum absolute atomic E-state index is 13.8. The van der Waals surface area contributed by atoms with E-state index in [2.05, 4.69) is 45.1 Å². The molecule has 0 saturated carbocycles. The fraction of sp³-hybridized carbons (Fsp3) is 0.417. The molecule has 3 atom stereocenters. The molecule has 13 heteroatoms. The number of urea groups is 1. The summed E-state index contributed by atoms with van der Waals surface area (Å²) in [6.07, 6.45) is 3.53. The number of rotatable bonds is 18. The van der Waals surface area contributed by atoms with Crippen LogP contribution < -0.4 is 21.3 Å². The molecule has 0 aliphatic heterocycles. The van der Waals surface area contributed by atoms with Gasteiger partial charge in [0.1, 0.15) is 12.6 Å². The SMILES string of the molecule is CNC[C@@H](NC(=O)N(C)Cc1csc(C(C)C)n1)C(=O)N[C@@H](CC[C@@H](Cc1ccccc1)NC(=O)OCc1cncs1)Cc1ccccc1. The topological polar surface area (TPSA) is 138 Å². The molecule has 4 N–H and O–H groups in total. The number of benzene rings is 2. The van der Waals surface area contributed by atoms with Crippen molar-refractivity contribution in [2.24, 2.45) is 0 Å². The average molecular weight is 706 g/mol. The van der Waals surface area contributed by atoms with Crippen molar-refractivity contribution in [3.63, 3.8) is 0 Å². The molecule has 0 spiro atoms. The highest BCUT2D eigenvalue weighted by Gasteiger charge is 2.26. The second-order valence-corrected chi connectivity index (χ2v) is 14.2. The van der Waals surface area contributed by atoms with Crippen LogP contribution in [0.1, 0.15) is 59.3 Å². The standard InChI is InChI=1S/C36H47N7O4S2/c1-25(2)34-40-30(23-48-34)21-43(4)35(45)42-32(20-37-3)33(44)39-28(17-26-11-7-5-8-12-26)15-16-29(18-27-13-9-6-10-14-27)41-36(46)47-22-31-19-38-24-49-31/h5-14,19,23-25,28-29,32,37H,15-18,20-22H2,1-4H3,(H,39,44)(H,41,46)(H,42,45)/t28-,29-,32+/m0/s1. The van der Waals surface area contributed by atoms with Crippen LogP contribution in [0.3, 0.4) is 0 Å². The first-order valence-corrected chi connectivity index (χ1v) is 18.3. The fourth-order valence-electron chi connectivity index (χ4n) is 5.26. The maximum Gasteiger partial charge on any atom is 0.407 e. The van der Waals surface area contributed by atoms with Crippen molar-refractivity contribution in [1.82, 2.24) is 36.1 Å². The van der Waals surface area contributed by atoms with E-state index in [4.69, 9.17) is 4.74 Å².